The summed E-state index contributed by atoms with van der Waals surface area (Å²) in [5, 5.41) is 11.2. The molecule has 1 saturated heterocycles. The Balaban J connectivity index is 1.92. The summed E-state index contributed by atoms with van der Waals surface area (Å²) in [4.78, 5) is 24.2. The molecule has 2 aromatic heterocycles. The number of aromatic nitrogens is 3. The minimum absolute atomic E-state index is 0.0319. The van der Waals surface area contributed by atoms with Crippen LogP contribution in [0.3, 0.4) is 0 Å². The van der Waals surface area contributed by atoms with Crippen molar-refractivity contribution in [2.24, 2.45) is 0 Å². The van der Waals surface area contributed by atoms with E-state index in [1.54, 1.807) is 18.6 Å². The van der Waals surface area contributed by atoms with Crippen LogP contribution >= 0.6 is 15.9 Å². The van der Waals surface area contributed by atoms with Crippen LogP contribution in [0.2, 0.25) is 0 Å². The molecule has 1 atom stereocenters. The molecule has 8 heteroatoms. The number of piperidine rings is 1. The zero-order valence-electron chi connectivity index (χ0n) is 11.2. The Labute approximate surface area is 129 Å². The second-order valence-corrected chi connectivity index (χ2v) is 5.86. The van der Waals surface area contributed by atoms with Crippen molar-refractivity contribution in [3.63, 3.8) is 0 Å². The molecular weight excluding hydrogens is 338 g/mol. The molecule has 2 aromatic rings. The Bertz CT molecular complexity index is 646. The van der Waals surface area contributed by atoms with Crippen molar-refractivity contribution in [3.05, 3.63) is 45.2 Å². The van der Waals surface area contributed by atoms with Crippen molar-refractivity contribution < 1.29 is 4.92 Å². The number of anilines is 1. The predicted octanol–water partition coefficient (Wildman–Crippen LogP) is 2.86. The van der Waals surface area contributed by atoms with Gasteiger partial charge in [0.25, 0.3) is 0 Å². The Hall–Kier alpha value is -1.96. The van der Waals surface area contributed by atoms with E-state index in [0.29, 0.717) is 16.7 Å². The molecule has 7 nitrogen and oxygen atoms in total. The molecule has 1 fully saturated rings. The first-order valence-corrected chi connectivity index (χ1v) is 7.48. The van der Waals surface area contributed by atoms with Gasteiger partial charge in [0.15, 0.2) is 0 Å². The van der Waals surface area contributed by atoms with Crippen molar-refractivity contribution in [2.45, 2.75) is 18.8 Å². The number of halogens is 1. The number of pyridine rings is 1. The van der Waals surface area contributed by atoms with Gasteiger partial charge in [0.2, 0.25) is 0 Å². The third kappa shape index (κ3) is 2.76. The molecule has 1 unspecified atom stereocenters. The highest BCUT2D eigenvalue weighted by Crippen LogP contribution is 2.38. The lowest BCUT2D eigenvalue weighted by atomic mass is 9.97. The fourth-order valence-electron chi connectivity index (χ4n) is 2.77. The molecule has 1 N–H and O–H groups in total. The van der Waals surface area contributed by atoms with Crippen LogP contribution in [0.4, 0.5) is 11.4 Å². The summed E-state index contributed by atoms with van der Waals surface area (Å²) in [6, 6.07) is 0. The van der Waals surface area contributed by atoms with E-state index in [4.69, 9.17) is 0 Å². The van der Waals surface area contributed by atoms with Crippen LogP contribution in [0, 0.1) is 10.1 Å². The van der Waals surface area contributed by atoms with Gasteiger partial charge in [-0.2, -0.15) is 0 Å². The van der Waals surface area contributed by atoms with E-state index in [9.17, 15) is 10.1 Å². The van der Waals surface area contributed by atoms with E-state index < -0.39 is 0 Å². The lowest BCUT2D eigenvalue weighted by molar-refractivity contribution is -0.384. The van der Waals surface area contributed by atoms with Gasteiger partial charge in [0, 0.05) is 37.6 Å². The summed E-state index contributed by atoms with van der Waals surface area (Å²) in [6.07, 6.45) is 8.44. The molecule has 0 spiro atoms. The van der Waals surface area contributed by atoms with E-state index in [1.807, 2.05) is 4.90 Å². The highest BCUT2D eigenvalue weighted by molar-refractivity contribution is 9.10. The molecule has 0 amide bonds. The SMILES string of the molecule is O=[N+]([O-])c1cncc(Br)c1N1CCCC(c2ncc[nH]2)C1. The van der Waals surface area contributed by atoms with Crippen LogP contribution in [-0.2, 0) is 0 Å². The van der Waals surface area contributed by atoms with Crippen LogP contribution in [0.1, 0.15) is 24.6 Å². The Kier molecular flexibility index (Phi) is 3.87. The van der Waals surface area contributed by atoms with Gasteiger partial charge in [-0.15, -0.1) is 0 Å². The maximum absolute atomic E-state index is 11.2. The van der Waals surface area contributed by atoms with Gasteiger partial charge in [0.05, 0.1) is 9.40 Å². The standard InChI is InChI=1S/C13H14BrN5O2/c14-10-6-15-7-11(19(20)21)12(10)18-5-1-2-9(8-18)13-16-3-4-17-13/h3-4,6-7,9H,1-2,5,8H2,(H,16,17). The van der Waals surface area contributed by atoms with Gasteiger partial charge >= 0.3 is 5.69 Å². The van der Waals surface area contributed by atoms with E-state index in [1.165, 1.54) is 6.20 Å². The highest BCUT2D eigenvalue weighted by atomic mass is 79.9. The number of nitro groups is 1. The topological polar surface area (TPSA) is 87.9 Å². The van der Waals surface area contributed by atoms with Crippen molar-refractivity contribution >= 4 is 27.3 Å². The molecule has 0 radical (unpaired) electrons. The molecular formula is C13H14BrN5O2. The number of aromatic amines is 1. The van der Waals surface area contributed by atoms with Gasteiger partial charge in [0.1, 0.15) is 17.7 Å². The van der Waals surface area contributed by atoms with Crippen molar-refractivity contribution in [1.82, 2.24) is 15.0 Å². The second-order valence-electron chi connectivity index (χ2n) is 5.01. The summed E-state index contributed by atoms with van der Waals surface area (Å²) in [7, 11) is 0. The van der Waals surface area contributed by atoms with Gasteiger partial charge in [-0.25, -0.2) is 4.98 Å². The Morgan fingerprint density at radius 3 is 3.05 bits per heavy atom. The molecule has 110 valence electrons. The maximum Gasteiger partial charge on any atom is 0.311 e. The van der Waals surface area contributed by atoms with Gasteiger partial charge in [-0.05, 0) is 28.8 Å². The number of hydrogen-bond acceptors (Lipinski definition) is 5. The van der Waals surface area contributed by atoms with E-state index in [2.05, 4.69) is 30.9 Å². The van der Waals surface area contributed by atoms with Crippen molar-refractivity contribution in [3.8, 4) is 0 Å². The van der Waals surface area contributed by atoms with Gasteiger partial charge in [-0.1, -0.05) is 0 Å². The molecule has 1 aliphatic rings. The molecule has 3 heterocycles. The van der Waals surface area contributed by atoms with E-state index in [-0.39, 0.29) is 16.5 Å². The molecule has 0 aromatic carbocycles. The molecule has 1 aliphatic heterocycles. The van der Waals surface area contributed by atoms with Gasteiger partial charge in [-0.3, -0.25) is 15.1 Å². The average molecular weight is 352 g/mol. The van der Waals surface area contributed by atoms with Crippen LogP contribution in [0.5, 0.6) is 0 Å². The van der Waals surface area contributed by atoms with E-state index in [0.717, 1.165) is 25.2 Å². The summed E-state index contributed by atoms with van der Waals surface area (Å²) < 4.78 is 0.650. The van der Waals surface area contributed by atoms with E-state index >= 15 is 0 Å². The minimum Gasteiger partial charge on any atom is -0.364 e. The Morgan fingerprint density at radius 2 is 2.33 bits per heavy atom. The molecule has 0 saturated carbocycles. The average Bonchev–Trinajstić information content (AvgIpc) is 3.01. The zero-order valence-corrected chi connectivity index (χ0v) is 12.8. The molecule has 0 bridgehead atoms. The minimum atomic E-state index is -0.385. The fraction of sp³-hybridized carbons (Fsp3) is 0.385. The normalized spacial score (nSPS) is 18.7. The van der Waals surface area contributed by atoms with Crippen molar-refractivity contribution in [2.75, 3.05) is 18.0 Å². The summed E-state index contributed by atoms with van der Waals surface area (Å²) in [5.74, 6) is 1.20. The van der Waals surface area contributed by atoms with Crippen molar-refractivity contribution in [1.29, 1.82) is 0 Å². The van der Waals surface area contributed by atoms with Crippen LogP contribution in [-0.4, -0.2) is 33.0 Å². The fourth-order valence-corrected chi connectivity index (χ4v) is 3.34. The third-order valence-corrected chi connectivity index (χ3v) is 4.27. The number of nitrogens with zero attached hydrogens (tertiary/aromatic N) is 4. The largest absolute Gasteiger partial charge is 0.364 e. The number of H-pyrrole nitrogens is 1. The number of imidazole rings is 1. The first-order chi connectivity index (χ1) is 10.2. The quantitative estimate of drug-likeness (QED) is 0.678. The monoisotopic (exact) mass is 351 g/mol. The van der Waals surface area contributed by atoms with Crippen LogP contribution in [0.25, 0.3) is 0 Å². The summed E-state index contributed by atoms with van der Waals surface area (Å²) >= 11 is 3.39. The second kappa shape index (κ2) is 5.80. The third-order valence-electron chi connectivity index (χ3n) is 3.69. The smallest absolute Gasteiger partial charge is 0.311 e. The highest BCUT2D eigenvalue weighted by Gasteiger charge is 2.29. The first-order valence-electron chi connectivity index (χ1n) is 6.69. The van der Waals surface area contributed by atoms with Crippen LogP contribution < -0.4 is 4.90 Å². The predicted molar refractivity (Wildman–Crippen MR) is 81.4 cm³/mol. The number of rotatable bonds is 3. The molecule has 0 aliphatic carbocycles. The number of nitrogens with one attached hydrogen (secondary N) is 1. The molecule has 21 heavy (non-hydrogen) atoms. The summed E-state index contributed by atoms with van der Waals surface area (Å²) in [5.41, 5.74) is 0.635. The zero-order chi connectivity index (χ0) is 14.8. The first kappa shape index (κ1) is 14.0. The summed E-state index contributed by atoms with van der Waals surface area (Å²) in [6.45, 7) is 1.50. The lowest BCUT2D eigenvalue weighted by Gasteiger charge is -2.33. The lowest BCUT2D eigenvalue weighted by Crippen LogP contribution is -2.35. The number of hydrogen-bond donors (Lipinski definition) is 1. The van der Waals surface area contributed by atoms with Crippen LogP contribution in [0.15, 0.2) is 29.3 Å². The van der Waals surface area contributed by atoms with Gasteiger partial charge < -0.3 is 9.88 Å². The molecule has 3 rings (SSSR count). The maximum atomic E-state index is 11.2. The Morgan fingerprint density at radius 1 is 1.48 bits per heavy atom.